The minimum atomic E-state index is -0.291. The summed E-state index contributed by atoms with van der Waals surface area (Å²) in [7, 11) is 0. The Balaban J connectivity index is 0.000000380. The van der Waals surface area contributed by atoms with Gasteiger partial charge in [0.15, 0.2) is 0 Å². The molecule has 0 radical (unpaired) electrons. The van der Waals surface area contributed by atoms with Crippen LogP contribution in [0, 0.1) is 34.6 Å². The van der Waals surface area contributed by atoms with Gasteiger partial charge in [-0.15, -0.1) is 0 Å². The first-order valence-electron chi connectivity index (χ1n) is 26.5. The summed E-state index contributed by atoms with van der Waals surface area (Å²) >= 11 is 0. The Morgan fingerprint density at radius 2 is 0.580 bits per heavy atom. The highest BCUT2D eigenvalue weighted by Gasteiger charge is 2.47. The van der Waals surface area contributed by atoms with E-state index in [0.29, 0.717) is 0 Å². The van der Waals surface area contributed by atoms with Gasteiger partial charge in [0.1, 0.15) is 0 Å². The predicted molar refractivity (Wildman–Crippen MR) is 311 cm³/mol. The molecule has 0 bridgehead atoms. The van der Waals surface area contributed by atoms with Crippen molar-refractivity contribution in [2.24, 2.45) is 0 Å². The van der Waals surface area contributed by atoms with E-state index in [9.17, 15) is 0 Å². The van der Waals surface area contributed by atoms with E-state index in [4.69, 9.17) is 0 Å². The fourth-order valence-electron chi connectivity index (χ4n) is 9.90. The average Bonchev–Trinajstić information content (AvgIpc) is 3.89. The molecule has 0 fully saturated rings. The van der Waals surface area contributed by atoms with Crippen LogP contribution in [0.5, 0.6) is 0 Å². The van der Waals surface area contributed by atoms with E-state index in [2.05, 4.69) is 223 Å². The zero-order valence-electron chi connectivity index (χ0n) is 46.4. The minimum Gasteiger partial charge on any atom is -0.0683 e. The van der Waals surface area contributed by atoms with Crippen molar-refractivity contribution < 1.29 is 0 Å². The van der Waals surface area contributed by atoms with Gasteiger partial charge in [-0.2, -0.15) is 0 Å². The van der Waals surface area contributed by atoms with E-state index < -0.39 is 0 Å². The van der Waals surface area contributed by atoms with E-state index in [1.165, 1.54) is 94.6 Å². The lowest BCUT2D eigenvalue weighted by Gasteiger charge is -2.34. The minimum absolute atomic E-state index is 0.263. The quantitative estimate of drug-likeness (QED) is 0.165. The van der Waals surface area contributed by atoms with Crippen molar-refractivity contribution >= 4 is 0 Å². The molecule has 8 aromatic carbocycles. The van der Waals surface area contributed by atoms with E-state index in [0.717, 1.165) is 0 Å². The topological polar surface area (TPSA) is 0 Å². The number of fused-ring (bicyclic) bond motifs is 6. The standard InChI is InChI=1S/C29H26.C26H20.7C2H6/c1-19-9-7-11-23(16-19)29(24-12-8-10-20(2)17-24)26-14-6-5-13-25(26)28-22(4)15-21(3)18-27(28)29;1-19-16-17-23-22-14-8-9-15-24(22)26(25(23)18-19,20-10-4-2-5-11-20)21-12-6-3-7-13-21;7*1-2/h5-18H,1-4H3;2-18H,1H3;7*1-2H3. The van der Waals surface area contributed by atoms with Gasteiger partial charge in [-0.3, -0.25) is 0 Å². The molecule has 0 aromatic heterocycles. The van der Waals surface area contributed by atoms with Crippen LogP contribution in [0.15, 0.2) is 188 Å². The second kappa shape index (κ2) is 29.6. The van der Waals surface area contributed by atoms with Crippen LogP contribution < -0.4 is 0 Å². The van der Waals surface area contributed by atoms with Crippen LogP contribution in [0.25, 0.3) is 22.3 Å². The van der Waals surface area contributed by atoms with Crippen molar-refractivity contribution in [3.8, 4) is 22.3 Å². The molecule has 0 nitrogen and oxygen atoms in total. The first kappa shape index (κ1) is 58.9. The zero-order chi connectivity index (χ0) is 51.7. The third-order valence-electron chi connectivity index (χ3n) is 12.0. The first-order valence-corrected chi connectivity index (χ1v) is 26.5. The van der Waals surface area contributed by atoms with Crippen LogP contribution in [-0.4, -0.2) is 0 Å². The van der Waals surface area contributed by atoms with E-state index >= 15 is 0 Å². The van der Waals surface area contributed by atoms with Gasteiger partial charge in [0.2, 0.25) is 0 Å². The second-order valence-electron chi connectivity index (χ2n) is 15.6. The molecule has 364 valence electrons. The molecule has 69 heavy (non-hydrogen) atoms. The molecule has 0 heterocycles. The van der Waals surface area contributed by atoms with Crippen LogP contribution in [0.2, 0.25) is 0 Å². The zero-order valence-corrected chi connectivity index (χ0v) is 46.4. The number of benzene rings is 8. The van der Waals surface area contributed by atoms with Crippen molar-refractivity contribution in [2.45, 2.75) is 142 Å². The smallest absolute Gasteiger partial charge is 0.0683 e. The van der Waals surface area contributed by atoms with Crippen LogP contribution in [0.1, 0.15) is 169 Å². The van der Waals surface area contributed by atoms with Gasteiger partial charge in [0.05, 0.1) is 10.8 Å². The van der Waals surface area contributed by atoms with Crippen molar-refractivity contribution in [1.82, 2.24) is 0 Å². The average molecular weight is 917 g/mol. The Kier molecular flexibility index (Phi) is 25.3. The number of hydrogen-bond acceptors (Lipinski definition) is 0. The molecule has 10 rings (SSSR count). The molecule has 0 amide bonds. The van der Waals surface area contributed by atoms with Gasteiger partial charge < -0.3 is 0 Å². The summed E-state index contributed by atoms with van der Waals surface area (Å²) in [5, 5.41) is 0. The predicted octanol–water partition coefficient (Wildman–Crippen LogP) is 20.8. The van der Waals surface area contributed by atoms with Crippen LogP contribution >= 0.6 is 0 Å². The molecule has 8 aromatic rings. The van der Waals surface area contributed by atoms with Crippen molar-refractivity contribution in [3.63, 3.8) is 0 Å². The van der Waals surface area contributed by atoms with E-state index in [1.807, 2.05) is 96.9 Å². The lowest BCUT2D eigenvalue weighted by atomic mass is 9.67. The van der Waals surface area contributed by atoms with Gasteiger partial charge in [-0.25, -0.2) is 0 Å². The second-order valence-corrected chi connectivity index (χ2v) is 15.6. The molecule has 0 atom stereocenters. The Bertz CT molecular complexity index is 2610. The summed E-state index contributed by atoms with van der Waals surface area (Å²) in [6, 6.07) is 69.4. The SMILES string of the molecule is CC.CC.CC.CC.CC.CC.CC.Cc1ccc2c(c1)C(c1ccccc1)(c1ccccc1)c1ccccc1-2.Cc1cccc(C2(c3cccc(C)c3)c3ccccc3-c3c(C)cc(C)cc32)c1. The third-order valence-corrected chi connectivity index (χ3v) is 12.0. The molecule has 2 aliphatic rings. The molecule has 0 spiro atoms. The molecule has 0 aliphatic heterocycles. The number of aryl methyl sites for hydroxylation is 5. The maximum Gasteiger partial charge on any atom is 0.0713 e. The third kappa shape index (κ3) is 11.8. The molecular weight excluding hydrogens is 829 g/mol. The van der Waals surface area contributed by atoms with Gasteiger partial charge in [0, 0.05) is 0 Å². The summed E-state index contributed by atoms with van der Waals surface area (Å²) in [6.07, 6.45) is 0. The molecule has 0 saturated carbocycles. The normalized spacial score (nSPS) is 11.6. The summed E-state index contributed by atoms with van der Waals surface area (Å²) < 4.78 is 0. The molecule has 2 aliphatic carbocycles. The highest BCUT2D eigenvalue weighted by atomic mass is 14.5. The Morgan fingerprint density at radius 1 is 0.232 bits per heavy atom. The molecule has 0 N–H and O–H groups in total. The van der Waals surface area contributed by atoms with Crippen molar-refractivity contribution in [3.05, 3.63) is 260 Å². The van der Waals surface area contributed by atoms with Gasteiger partial charge in [-0.05, 0) is 107 Å². The molecule has 0 saturated heterocycles. The molecule has 0 unspecified atom stereocenters. The van der Waals surface area contributed by atoms with Crippen LogP contribution in [0.3, 0.4) is 0 Å². The van der Waals surface area contributed by atoms with Crippen LogP contribution in [-0.2, 0) is 10.8 Å². The Hall–Kier alpha value is -6.24. The van der Waals surface area contributed by atoms with Gasteiger partial charge in [-0.1, -0.05) is 307 Å². The Labute approximate surface area is 423 Å². The summed E-state index contributed by atoms with van der Waals surface area (Å²) in [4.78, 5) is 0. The summed E-state index contributed by atoms with van der Waals surface area (Å²) in [5.74, 6) is 0. The fraction of sp³-hybridized carbons (Fsp3) is 0.304. The van der Waals surface area contributed by atoms with E-state index in [1.54, 1.807) is 0 Å². The van der Waals surface area contributed by atoms with Gasteiger partial charge >= 0.3 is 0 Å². The van der Waals surface area contributed by atoms with Crippen LogP contribution in [0.4, 0.5) is 0 Å². The monoisotopic (exact) mass is 917 g/mol. The van der Waals surface area contributed by atoms with E-state index in [-0.39, 0.29) is 10.8 Å². The lowest BCUT2D eigenvalue weighted by Crippen LogP contribution is -2.29. The largest absolute Gasteiger partial charge is 0.0713 e. The van der Waals surface area contributed by atoms with Crippen molar-refractivity contribution in [1.29, 1.82) is 0 Å². The number of rotatable bonds is 4. The highest BCUT2D eigenvalue weighted by molar-refractivity contribution is 5.89. The van der Waals surface area contributed by atoms with Gasteiger partial charge in [0.25, 0.3) is 0 Å². The Morgan fingerprint density at radius 3 is 1.04 bits per heavy atom. The number of hydrogen-bond donors (Lipinski definition) is 0. The summed E-state index contributed by atoms with van der Waals surface area (Å²) in [5.41, 5.74) is 22.4. The molecule has 0 heteroatoms. The fourth-order valence-corrected chi connectivity index (χ4v) is 9.90. The lowest BCUT2D eigenvalue weighted by molar-refractivity contribution is 0.765. The maximum atomic E-state index is 2.41. The molecular formula is C69H88. The maximum absolute atomic E-state index is 2.41. The highest BCUT2D eigenvalue weighted by Crippen LogP contribution is 2.58. The summed E-state index contributed by atoms with van der Waals surface area (Å²) in [6.45, 7) is 39.0. The van der Waals surface area contributed by atoms with Crippen molar-refractivity contribution in [2.75, 3.05) is 0 Å². The first-order chi connectivity index (χ1) is 33.8.